The van der Waals surface area contributed by atoms with Crippen molar-refractivity contribution < 1.29 is 4.42 Å². The SMILES string of the molecule is C1=CC2C3C=C(c4ccc5c(c4)c4ccccc4n5-c4ccccc4)C=CC3N(c3ncnc4c3oc3ccccc34)C2C=C1. The molecule has 4 atom stereocenters. The number of anilines is 1. The van der Waals surface area contributed by atoms with Crippen LogP contribution in [0.2, 0.25) is 0 Å². The molecule has 4 unspecified atom stereocenters. The molecule has 2 aliphatic carbocycles. The molecular formula is C40H28N4O. The minimum absolute atomic E-state index is 0.145. The van der Waals surface area contributed by atoms with Gasteiger partial charge in [0.2, 0.25) is 0 Å². The third-order valence-electron chi connectivity index (χ3n) is 9.88. The number of hydrogen-bond donors (Lipinski definition) is 0. The molecule has 3 aromatic heterocycles. The lowest BCUT2D eigenvalue weighted by molar-refractivity contribution is 0.528. The van der Waals surface area contributed by atoms with Gasteiger partial charge in [-0.1, -0.05) is 97.1 Å². The van der Waals surface area contributed by atoms with Gasteiger partial charge in [0, 0.05) is 33.7 Å². The predicted octanol–water partition coefficient (Wildman–Crippen LogP) is 9.04. The summed E-state index contributed by atoms with van der Waals surface area (Å²) < 4.78 is 8.78. The number of fused-ring (bicyclic) bond motifs is 9. The van der Waals surface area contributed by atoms with Gasteiger partial charge in [-0.15, -0.1) is 0 Å². The smallest absolute Gasteiger partial charge is 0.196 e. The van der Waals surface area contributed by atoms with E-state index in [-0.39, 0.29) is 18.0 Å². The van der Waals surface area contributed by atoms with Crippen molar-refractivity contribution in [2.75, 3.05) is 4.90 Å². The maximum atomic E-state index is 6.41. The summed E-state index contributed by atoms with van der Waals surface area (Å²) in [5.41, 5.74) is 8.57. The highest BCUT2D eigenvalue weighted by Gasteiger charge is 2.47. The van der Waals surface area contributed by atoms with Gasteiger partial charge >= 0.3 is 0 Å². The van der Waals surface area contributed by atoms with Gasteiger partial charge in [0.15, 0.2) is 11.4 Å². The molecule has 0 spiro atoms. The Hall–Kier alpha value is -5.68. The van der Waals surface area contributed by atoms with Gasteiger partial charge < -0.3 is 13.9 Å². The van der Waals surface area contributed by atoms with Crippen LogP contribution in [0.5, 0.6) is 0 Å². The standard InChI is InChI=1S/C40H28N4O/c1-2-10-27(11-3-1)43-33-15-7-4-12-28(33)31-22-25(18-20-35(31)43)26-19-21-36-32(23-26)29-13-5-8-16-34(29)44(36)40-39-38(41-24-42-40)30-14-6-9-17-37(30)45-39/h1-24,29,32,34,36H. The zero-order valence-corrected chi connectivity index (χ0v) is 24.4. The Balaban J connectivity index is 1.09. The molecule has 0 radical (unpaired) electrons. The maximum absolute atomic E-state index is 6.41. The number of rotatable bonds is 3. The Bertz CT molecular complexity index is 2430. The number of benzene rings is 4. The van der Waals surface area contributed by atoms with Gasteiger partial charge in [-0.05, 0) is 53.6 Å². The Morgan fingerprint density at radius 1 is 0.644 bits per heavy atom. The predicted molar refractivity (Wildman–Crippen MR) is 183 cm³/mol. The summed E-state index contributed by atoms with van der Waals surface area (Å²) in [5, 5.41) is 3.55. The Morgan fingerprint density at radius 2 is 1.42 bits per heavy atom. The van der Waals surface area contributed by atoms with Crippen molar-refractivity contribution in [2.45, 2.75) is 12.1 Å². The first kappa shape index (κ1) is 24.7. The molecule has 214 valence electrons. The topological polar surface area (TPSA) is 47.1 Å². The van der Waals surface area contributed by atoms with Crippen LogP contribution in [0.4, 0.5) is 5.82 Å². The van der Waals surface area contributed by atoms with E-state index in [1.54, 1.807) is 6.33 Å². The van der Waals surface area contributed by atoms with Crippen LogP contribution >= 0.6 is 0 Å². The number of aromatic nitrogens is 3. The van der Waals surface area contributed by atoms with E-state index in [1.165, 1.54) is 38.6 Å². The third kappa shape index (κ3) is 3.55. The first-order chi connectivity index (χ1) is 22.3. The maximum Gasteiger partial charge on any atom is 0.196 e. The van der Waals surface area contributed by atoms with E-state index in [9.17, 15) is 0 Å². The number of furan rings is 1. The number of nitrogens with zero attached hydrogens (tertiary/aromatic N) is 4. The Labute approximate surface area is 259 Å². The lowest BCUT2D eigenvalue weighted by atomic mass is 9.80. The van der Waals surface area contributed by atoms with E-state index < -0.39 is 0 Å². The summed E-state index contributed by atoms with van der Waals surface area (Å²) in [7, 11) is 0. The molecule has 4 heterocycles. The number of hydrogen-bond acceptors (Lipinski definition) is 4. The van der Waals surface area contributed by atoms with Gasteiger partial charge in [-0.25, -0.2) is 9.97 Å². The van der Waals surface area contributed by atoms with E-state index in [2.05, 4.69) is 136 Å². The molecule has 1 aliphatic heterocycles. The Kier molecular flexibility index (Phi) is 5.17. The molecule has 5 nitrogen and oxygen atoms in total. The fourth-order valence-corrected chi connectivity index (χ4v) is 7.93. The molecule has 1 fully saturated rings. The third-order valence-corrected chi connectivity index (χ3v) is 9.88. The van der Waals surface area contributed by atoms with Crippen molar-refractivity contribution in [3.05, 3.63) is 151 Å². The van der Waals surface area contributed by atoms with Crippen molar-refractivity contribution in [3.8, 4) is 5.69 Å². The van der Waals surface area contributed by atoms with Crippen molar-refractivity contribution in [1.82, 2.24) is 14.5 Å². The van der Waals surface area contributed by atoms with E-state index in [0.717, 1.165) is 27.9 Å². The van der Waals surface area contributed by atoms with Gasteiger partial charge in [-0.3, -0.25) is 0 Å². The zero-order chi connectivity index (χ0) is 29.5. The summed E-state index contributed by atoms with van der Waals surface area (Å²) in [5.74, 6) is 1.46. The lowest BCUT2D eigenvalue weighted by Crippen LogP contribution is -2.37. The van der Waals surface area contributed by atoms with E-state index in [0.29, 0.717) is 5.92 Å². The first-order valence-electron chi connectivity index (χ1n) is 15.6. The highest BCUT2D eigenvalue weighted by atomic mass is 16.3. The van der Waals surface area contributed by atoms with Gasteiger partial charge in [0.25, 0.3) is 0 Å². The fourth-order valence-electron chi connectivity index (χ4n) is 7.93. The first-order valence-corrected chi connectivity index (χ1v) is 15.6. The molecule has 3 aliphatic rings. The monoisotopic (exact) mass is 580 g/mol. The van der Waals surface area contributed by atoms with Gasteiger partial charge in [-0.2, -0.15) is 0 Å². The van der Waals surface area contributed by atoms with E-state index in [4.69, 9.17) is 9.40 Å². The average molecular weight is 581 g/mol. The van der Waals surface area contributed by atoms with Crippen molar-refractivity contribution >= 4 is 55.3 Å². The molecule has 4 aromatic carbocycles. The van der Waals surface area contributed by atoms with Crippen LogP contribution in [0, 0.1) is 11.8 Å². The zero-order valence-electron chi connectivity index (χ0n) is 24.4. The minimum atomic E-state index is 0.145. The highest BCUT2D eigenvalue weighted by molar-refractivity contribution is 6.10. The van der Waals surface area contributed by atoms with Crippen LogP contribution in [-0.4, -0.2) is 26.6 Å². The lowest BCUT2D eigenvalue weighted by Gasteiger charge is -2.30. The normalized spacial score (nSPS) is 22.0. The van der Waals surface area contributed by atoms with Crippen LogP contribution in [0.25, 0.3) is 55.1 Å². The van der Waals surface area contributed by atoms with Crippen molar-refractivity contribution in [2.24, 2.45) is 11.8 Å². The van der Waals surface area contributed by atoms with Crippen molar-refractivity contribution in [3.63, 3.8) is 0 Å². The van der Waals surface area contributed by atoms with Crippen LogP contribution < -0.4 is 4.90 Å². The van der Waals surface area contributed by atoms with Crippen LogP contribution in [0.3, 0.4) is 0 Å². The highest BCUT2D eigenvalue weighted by Crippen LogP contribution is 2.47. The second-order valence-corrected chi connectivity index (χ2v) is 12.2. The molecular weight excluding hydrogens is 552 g/mol. The second kappa shape index (κ2) is 9.41. The summed E-state index contributed by atoms with van der Waals surface area (Å²) >= 11 is 0. The number of allylic oxidation sites excluding steroid dienone is 4. The van der Waals surface area contributed by atoms with Crippen molar-refractivity contribution in [1.29, 1.82) is 0 Å². The van der Waals surface area contributed by atoms with E-state index >= 15 is 0 Å². The second-order valence-electron chi connectivity index (χ2n) is 12.2. The Morgan fingerprint density at radius 3 is 2.36 bits per heavy atom. The molecule has 45 heavy (non-hydrogen) atoms. The summed E-state index contributed by atoms with van der Waals surface area (Å²) in [4.78, 5) is 11.9. The molecule has 7 aromatic rings. The molecule has 10 rings (SSSR count). The molecule has 0 bridgehead atoms. The van der Waals surface area contributed by atoms with E-state index in [1.807, 2.05) is 18.2 Å². The van der Waals surface area contributed by atoms with Gasteiger partial charge in [0.05, 0.1) is 23.1 Å². The quantitative estimate of drug-likeness (QED) is 0.209. The van der Waals surface area contributed by atoms with Crippen LogP contribution in [0.15, 0.2) is 150 Å². The summed E-state index contributed by atoms with van der Waals surface area (Å²) in [6, 6.07) is 34.7. The number of para-hydroxylation sites is 3. The minimum Gasteiger partial charge on any atom is -0.450 e. The van der Waals surface area contributed by atoms with Crippen LogP contribution in [0.1, 0.15) is 5.56 Å². The summed E-state index contributed by atoms with van der Waals surface area (Å²) in [6.45, 7) is 0. The van der Waals surface area contributed by atoms with Crippen LogP contribution in [-0.2, 0) is 0 Å². The summed E-state index contributed by atoms with van der Waals surface area (Å²) in [6.07, 6.45) is 17.9. The molecule has 1 saturated heterocycles. The molecule has 0 saturated carbocycles. The molecule has 0 N–H and O–H groups in total. The fraction of sp³-hybridized carbons (Fsp3) is 0.100. The largest absolute Gasteiger partial charge is 0.450 e. The molecule has 5 heteroatoms. The van der Waals surface area contributed by atoms with Gasteiger partial charge in [0.1, 0.15) is 17.4 Å². The average Bonchev–Trinajstić information content (AvgIpc) is 3.76. The molecule has 0 amide bonds.